The molecule has 0 heterocycles. The second-order valence-corrected chi connectivity index (χ2v) is 7.06. The van der Waals surface area contributed by atoms with E-state index in [4.69, 9.17) is 11.6 Å². The van der Waals surface area contributed by atoms with Crippen molar-refractivity contribution in [2.75, 3.05) is 19.6 Å². The van der Waals surface area contributed by atoms with Crippen molar-refractivity contribution in [1.29, 1.82) is 0 Å². The summed E-state index contributed by atoms with van der Waals surface area (Å²) in [4.78, 5) is 25.5. The van der Waals surface area contributed by atoms with Crippen molar-refractivity contribution < 1.29 is 9.59 Å². The molecule has 1 aliphatic rings. The fraction of sp³-hybridized carbons (Fsp3) is 0.579. The topological polar surface area (TPSA) is 61.4 Å². The summed E-state index contributed by atoms with van der Waals surface area (Å²) in [7, 11) is 0. The molecular weight excluding hydrogens is 338 g/mol. The van der Waals surface area contributed by atoms with Gasteiger partial charge < -0.3 is 15.5 Å². The first-order valence-corrected chi connectivity index (χ1v) is 9.46. The molecule has 1 aromatic rings. The van der Waals surface area contributed by atoms with Crippen molar-refractivity contribution >= 4 is 23.5 Å². The lowest BCUT2D eigenvalue weighted by Crippen LogP contribution is -2.45. The monoisotopic (exact) mass is 365 g/mol. The predicted octanol–water partition coefficient (Wildman–Crippen LogP) is 3.36. The number of amides is 3. The van der Waals surface area contributed by atoms with Crippen molar-refractivity contribution in [3.8, 4) is 0 Å². The standard InChI is InChI=1S/C19H28ClN3O2/c1-15(24)23(12-10-16-6-5-7-17(20)14-16)13-11-21-19(25)22-18-8-3-2-4-9-18/h5-7,14,18H,2-4,8-13H2,1H3,(H2,21,22,25). The molecule has 1 fully saturated rings. The normalized spacial score (nSPS) is 14.8. The van der Waals surface area contributed by atoms with Gasteiger partial charge in [-0.1, -0.05) is 43.0 Å². The van der Waals surface area contributed by atoms with Crippen LogP contribution in [0.25, 0.3) is 0 Å². The second-order valence-electron chi connectivity index (χ2n) is 6.62. The van der Waals surface area contributed by atoms with Crippen molar-refractivity contribution in [2.45, 2.75) is 51.5 Å². The molecule has 138 valence electrons. The average molecular weight is 366 g/mol. The van der Waals surface area contributed by atoms with Gasteiger partial charge in [0.25, 0.3) is 0 Å². The fourth-order valence-corrected chi connectivity index (χ4v) is 3.38. The van der Waals surface area contributed by atoms with Gasteiger partial charge in [-0.15, -0.1) is 0 Å². The number of rotatable bonds is 7. The van der Waals surface area contributed by atoms with Crippen LogP contribution < -0.4 is 10.6 Å². The molecule has 0 aromatic heterocycles. The van der Waals surface area contributed by atoms with Crippen LogP contribution in [-0.4, -0.2) is 42.5 Å². The molecule has 1 saturated carbocycles. The molecule has 5 nitrogen and oxygen atoms in total. The Morgan fingerprint density at radius 1 is 1.20 bits per heavy atom. The molecule has 25 heavy (non-hydrogen) atoms. The Kier molecular flexibility index (Phi) is 8.06. The molecular formula is C19H28ClN3O2. The van der Waals surface area contributed by atoms with Crippen molar-refractivity contribution in [2.24, 2.45) is 0 Å². The zero-order chi connectivity index (χ0) is 18.1. The Morgan fingerprint density at radius 3 is 2.64 bits per heavy atom. The molecule has 6 heteroatoms. The molecule has 1 aromatic carbocycles. The third-order valence-corrected chi connectivity index (χ3v) is 4.85. The van der Waals surface area contributed by atoms with Gasteiger partial charge in [0.05, 0.1) is 0 Å². The van der Waals surface area contributed by atoms with Gasteiger partial charge in [0.2, 0.25) is 5.91 Å². The van der Waals surface area contributed by atoms with Crippen LogP contribution in [0.4, 0.5) is 4.79 Å². The van der Waals surface area contributed by atoms with Gasteiger partial charge in [0.1, 0.15) is 0 Å². The highest BCUT2D eigenvalue weighted by Crippen LogP contribution is 2.17. The third kappa shape index (κ3) is 7.34. The van der Waals surface area contributed by atoms with Gasteiger partial charge in [-0.3, -0.25) is 4.79 Å². The van der Waals surface area contributed by atoms with Gasteiger partial charge in [-0.2, -0.15) is 0 Å². The van der Waals surface area contributed by atoms with E-state index in [-0.39, 0.29) is 11.9 Å². The zero-order valence-electron chi connectivity index (χ0n) is 14.9. The number of nitrogens with zero attached hydrogens (tertiary/aromatic N) is 1. The minimum absolute atomic E-state index is 0.0107. The molecule has 2 N–H and O–H groups in total. The van der Waals surface area contributed by atoms with Crippen molar-refractivity contribution in [3.05, 3.63) is 34.9 Å². The van der Waals surface area contributed by atoms with Crippen LogP contribution in [0.15, 0.2) is 24.3 Å². The average Bonchev–Trinajstić information content (AvgIpc) is 2.58. The Balaban J connectivity index is 1.69. The van der Waals surface area contributed by atoms with Crippen LogP contribution in [0.2, 0.25) is 5.02 Å². The van der Waals surface area contributed by atoms with Crippen LogP contribution in [0, 0.1) is 0 Å². The van der Waals surface area contributed by atoms with Crippen LogP contribution in [-0.2, 0) is 11.2 Å². The highest BCUT2D eigenvalue weighted by molar-refractivity contribution is 6.30. The van der Waals surface area contributed by atoms with Crippen LogP contribution in [0.5, 0.6) is 0 Å². The number of hydrogen-bond acceptors (Lipinski definition) is 2. The van der Waals surface area contributed by atoms with Gasteiger partial charge in [-0.05, 0) is 37.0 Å². The lowest BCUT2D eigenvalue weighted by molar-refractivity contribution is -0.128. The smallest absolute Gasteiger partial charge is 0.315 e. The number of carbonyl (C=O) groups excluding carboxylic acids is 2. The molecule has 0 aliphatic heterocycles. The summed E-state index contributed by atoms with van der Waals surface area (Å²) >= 11 is 5.99. The van der Waals surface area contributed by atoms with Crippen molar-refractivity contribution in [1.82, 2.24) is 15.5 Å². The van der Waals surface area contributed by atoms with Gasteiger partial charge in [-0.25, -0.2) is 4.79 Å². The van der Waals surface area contributed by atoms with Gasteiger partial charge >= 0.3 is 6.03 Å². The Hall–Kier alpha value is -1.75. The second kappa shape index (κ2) is 10.3. The van der Waals surface area contributed by atoms with Gasteiger partial charge in [0.15, 0.2) is 0 Å². The van der Waals surface area contributed by atoms with E-state index in [9.17, 15) is 9.59 Å². The first kappa shape index (κ1) is 19.6. The highest BCUT2D eigenvalue weighted by Gasteiger charge is 2.15. The molecule has 1 aliphatic carbocycles. The quantitative estimate of drug-likeness (QED) is 0.778. The molecule has 0 saturated heterocycles. The molecule has 0 bridgehead atoms. The number of benzene rings is 1. The molecule has 0 atom stereocenters. The van der Waals surface area contributed by atoms with E-state index in [0.29, 0.717) is 30.7 Å². The van der Waals surface area contributed by atoms with E-state index >= 15 is 0 Å². The minimum atomic E-state index is -0.134. The summed E-state index contributed by atoms with van der Waals surface area (Å²) in [6.45, 7) is 3.13. The summed E-state index contributed by atoms with van der Waals surface area (Å²) < 4.78 is 0. The summed E-state index contributed by atoms with van der Waals surface area (Å²) in [5, 5.41) is 6.58. The Morgan fingerprint density at radius 2 is 1.96 bits per heavy atom. The first-order chi connectivity index (χ1) is 12.0. The highest BCUT2D eigenvalue weighted by atomic mass is 35.5. The maximum Gasteiger partial charge on any atom is 0.315 e. The number of hydrogen-bond donors (Lipinski definition) is 2. The molecule has 3 amide bonds. The van der Waals surface area contributed by atoms with Gasteiger partial charge in [0, 0.05) is 37.6 Å². The zero-order valence-corrected chi connectivity index (χ0v) is 15.6. The summed E-state index contributed by atoms with van der Waals surface area (Å²) in [6.07, 6.45) is 6.51. The lowest BCUT2D eigenvalue weighted by Gasteiger charge is -2.24. The SMILES string of the molecule is CC(=O)N(CCNC(=O)NC1CCCCC1)CCc1cccc(Cl)c1. The number of carbonyl (C=O) groups is 2. The van der Waals surface area contributed by atoms with Crippen LogP contribution in [0.3, 0.4) is 0 Å². The maximum absolute atomic E-state index is 11.9. The minimum Gasteiger partial charge on any atom is -0.341 e. The molecule has 0 radical (unpaired) electrons. The van der Waals surface area contributed by atoms with E-state index in [1.165, 1.54) is 19.3 Å². The predicted molar refractivity (Wildman–Crippen MR) is 101 cm³/mol. The van der Waals surface area contributed by atoms with E-state index < -0.39 is 0 Å². The number of nitrogens with one attached hydrogen (secondary N) is 2. The van der Waals surface area contributed by atoms with E-state index in [0.717, 1.165) is 24.8 Å². The third-order valence-electron chi connectivity index (χ3n) is 4.61. The molecule has 0 spiro atoms. The first-order valence-electron chi connectivity index (χ1n) is 9.09. The number of urea groups is 1. The van der Waals surface area contributed by atoms with E-state index in [1.807, 2.05) is 24.3 Å². The van der Waals surface area contributed by atoms with E-state index in [1.54, 1.807) is 11.8 Å². The summed E-state index contributed by atoms with van der Waals surface area (Å²) in [5.74, 6) is 0.0107. The number of halogens is 1. The fourth-order valence-electron chi connectivity index (χ4n) is 3.17. The summed E-state index contributed by atoms with van der Waals surface area (Å²) in [6, 6.07) is 7.82. The molecule has 2 rings (SSSR count). The van der Waals surface area contributed by atoms with Crippen LogP contribution in [0.1, 0.15) is 44.6 Å². The lowest BCUT2D eigenvalue weighted by atomic mass is 9.96. The maximum atomic E-state index is 11.9. The van der Waals surface area contributed by atoms with Crippen LogP contribution >= 0.6 is 11.6 Å². The van der Waals surface area contributed by atoms with E-state index in [2.05, 4.69) is 10.6 Å². The molecule has 0 unspecified atom stereocenters. The van der Waals surface area contributed by atoms with Crippen molar-refractivity contribution in [3.63, 3.8) is 0 Å². The Bertz CT molecular complexity index is 574. The Labute approximate surface area is 155 Å². The summed E-state index contributed by atoms with van der Waals surface area (Å²) in [5.41, 5.74) is 1.10. The largest absolute Gasteiger partial charge is 0.341 e.